The highest BCUT2D eigenvalue weighted by Gasteiger charge is 2.54. The van der Waals surface area contributed by atoms with Crippen molar-refractivity contribution in [3.05, 3.63) is 88.4 Å². The number of alkyl halides is 2. The van der Waals surface area contributed by atoms with Crippen LogP contribution in [-0.4, -0.2) is 28.2 Å². The summed E-state index contributed by atoms with van der Waals surface area (Å²) in [5, 5.41) is 11.4. The molecule has 2 atom stereocenters. The molecule has 1 N–H and O–H groups in total. The molecule has 0 aliphatic heterocycles. The molecule has 1 saturated carbocycles. The lowest BCUT2D eigenvalue weighted by Gasteiger charge is -2.32. The molecule has 4 rings (SSSR count). The van der Waals surface area contributed by atoms with Gasteiger partial charge in [0.1, 0.15) is 18.9 Å². The van der Waals surface area contributed by atoms with E-state index in [4.69, 9.17) is 4.74 Å². The molecular weight excluding hydrogens is 598 g/mol. The van der Waals surface area contributed by atoms with Gasteiger partial charge in [0.2, 0.25) is 5.92 Å². The van der Waals surface area contributed by atoms with Gasteiger partial charge in [0.15, 0.2) is 5.60 Å². The lowest BCUT2D eigenvalue weighted by atomic mass is 9.80. The summed E-state index contributed by atoms with van der Waals surface area (Å²) in [6.45, 7) is 3.47. The number of imidazole rings is 1. The summed E-state index contributed by atoms with van der Waals surface area (Å²) in [4.78, 5) is 13.0. The highest BCUT2D eigenvalue weighted by molar-refractivity contribution is 9.10. The molecule has 194 valence electrons. The van der Waals surface area contributed by atoms with Crippen molar-refractivity contribution in [2.24, 2.45) is 5.92 Å². The van der Waals surface area contributed by atoms with Crippen molar-refractivity contribution in [2.45, 2.75) is 57.2 Å². The third kappa shape index (κ3) is 6.42. The molecule has 0 radical (unpaired) electrons. The number of esters is 1. The summed E-state index contributed by atoms with van der Waals surface area (Å²) >= 11 is 3.50. The number of hydrogen-bond donors (Lipinski definition) is 1. The van der Waals surface area contributed by atoms with E-state index in [1.165, 1.54) is 5.56 Å². The van der Waals surface area contributed by atoms with Crippen LogP contribution in [0.25, 0.3) is 0 Å². The fourth-order valence-electron chi connectivity index (χ4n) is 4.81. The fourth-order valence-corrected chi connectivity index (χ4v) is 5.25. The Balaban J connectivity index is 0.00000361. The standard InChI is InChI=1S/C27H30BrF2N2O3.BrH/c1-20-31(14-15-32(20)19-21-7-5-10-24(28)17-21)13-6-16-35-25(33)27(34,22-8-3-2-4-9-22)23-11-12-26(29,30)18-23;/h2-5,7-10,14-15,17,23,34H,6,11-13,16,18-19H2,1H3;1H/q+1;/p-1/t23-,27+;/m1./s1. The Morgan fingerprint density at radius 2 is 2.00 bits per heavy atom. The molecule has 0 amide bonds. The predicted molar refractivity (Wildman–Crippen MR) is 131 cm³/mol. The molecule has 5 nitrogen and oxygen atoms in total. The van der Waals surface area contributed by atoms with E-state index in [0.717, 1.165) is 16.8 Å². The number of benzene rings is 2. The number of halogens is 4. The van der Waals surface area contributed by atoms with Gasteiger partial charge < -0.3 is 26.8 Å². The minimum Gasteiger partial charge on any atom is -1.00 e. The van der Waals surface area contributed by atoms with E-state index < -0.39 is 29.8 Å². The molecule has 0 bridgehead atoms. The Bertz CT molecular complexity index is 1170. The van der Waals surface area contributed by atoms with Crippen molar-refractivity contribution in [1.29, 1.82) is 0 Å². The van der Waals surface area contributed by atoms with Gasteiger partial charge in [-0.3, -0.25) is 0 Å². The van der Waals surface area contributed by atoms with Gasteiger partial charge in [0.25, 0.3) is 5.82 Å². The third-order valence-electron chi connectivity index (χ3n) is 6.80. The highest BCUT2D eigenvalue weighted by atomic mass is 79.9. The summed E-state index contributed by atoms with van der Waals surface area (Å²) < 4.78 is 38.6. The third-order valence-corrected chi connectivity index (χ3v) is 7.29. The molecule has 1 aliphatic rings. The van der Waals surface area contributed by atoms with E-state index in [1.54, 1.807) is 30.3 Å². The number of hydrogen-bond acceptors (Lipinski definition) is 3. The molecule has 2 aromatic carbocycles. The van der Waals surface area contributed by atoms with Crippen LogP contribution in [0.1, 0.15) is 42.6 Å². The van der Waals surface area contributed by atoms with Gasteiger partial charge in [-0.25, -0.2) is 22.7 Å². The second kappa shape index (κ2) is 12.0. The first-order valence-corrected chi connectivity index (χ1v) is 12.6. The van der Waals surface area contributed by atoms with Crippen LogP contribution < -0.4 is 21.5 Å². The predicted octanol–water partition coefficient (Wildman–Crippen LogP) is 2.16. The van der Waals surface area contributed by atoms with Gasteiger partial charge in [0.05, 0.1) is 13.2 Å². The second-order valence-corrected chi connectivity index (χ2v) is 10.1. The van der Waals surface area contributed by atoms with Gasteiger partial charge in [-0.1, -0.05) is 58.4 Å². The van der Waals surface area contributed by atoms with Crippen LogP contribution in [0.3, 0.4) is 0 Å². The molecule has 0 spiro atoms. The maximum absolute atomic E-state index is 13.9. The Morgan fingerprint density at radius 3 is 2.67 bits per heavy atom. The summed E-state index contributed by atoms with van der Waals surface area (Å²) in [5.74, 6) is -3.58. The van der Waals surface area contributed by atoms with E-state index in [1.807, 2.05) is 31.5 Å². The number of aliphatic hydroxyl groups is 1. The van der Waals surface area contributed by atoms with Gasteiger partial charge in [-0.2, -0.15) is 0 Å². The van der Waals surface area contributed by atoms with Crippen LogP contribution in [0.2, 0.25) is 0 Å². The second-order valence-electron chi connectivity index (χ2n) is 9.21. The van der Waals surface area contributed by atoms with Crippen molar-refractivity contribution < 1.29 is 45.0 Å². The largest absolute Gasteiger partial charge is 1.00 e. The van der Waals surface area contributed by atoms with Crippen LogP contribution in [0.5, 0.6) is 0 Å². The Labute approximate surface area is 229 Å². The smallest absolute Gasteiger partial charge is 0.343 e. The molecule has 1 fully saturated rings. The maximum Gasteiger partial charge on any atom is 0.343 e. The molecule has 0 saturated heterocycles. The fraction of sp³-hybridized carbons (Fsp3) is 0.407. The number of carbonyl (C=O) groups excluding carboxylic acids is 1. The zero-order valence-electron chi connectivity index (χ0n) is 20.0. The molecule has 3 aromatic rings. The first-order valence-electron chi connectivity index (χ1n) is 11.8. The highest BCUT2D eigenvalue weighted by Crippen LogP contribution is 2.47. The first-order chi connectivity index (χ1) is 16.7. The van der Waals surface area contributed by atoms with Crippen LogP contribution >= 0.6 is 15.9 Å². The summed E-state index contributed by atoms with van der Waals surface area (Å²) in [7, 11) is 0. The lowest BCUT2D eigenvalue weighted by molar-refractivity contribution is -0.694. The van der Waals surface area contributed by atoms with E-state index in [0.29, 0.717) is 18.5 Å². The van der Waals surface area contributed by atoms with Crippen molar-refractivity contribution in [1.82, 2.24) is 4.57 Å². The molecular formula is C27H30Br2F2N2O3. The molecule has 0 unspecified atom stereocenters. The Kier molecular flexibility index (Phi) is 9.46. The molecule has 1 aliphatic carbocycles. The van der Waals surface area contributed by atoms with Crippen molar-refractivity contribution >= 4 is 21.9 Å². The van der Waals surface area contributed by atoms with Gasteiger partial charge in [-0.15, -0.1) is 0 Å². The zero-order chi connectivity index (χ0) is 25.1. The van der Waals surface area contributed by atoms with Crippen molar-refractivity contribution in [3.8, 4) is 0 Å². The molecule has 36 heavy (non-hydrogen) atoms. The maximum atomic E-state index is 13.9. The van der Waals surface area contributed by atoms with Gasteiger partial charge in [0, 0.05) is 36.6 Å². The van der Waals surface area contributed by atoms with Gasteiger partial charge in [-0.05, 0) is 29.7 Å². The topological polar surface area (TPSA) is 55.3 Å². The van der Waals surface area contributed by atoms with E-state index in [-0.39, 0.29) is 36.4 Å². The van der Waals surface area contributed by atoms with Crippen LogP contribution in [-0.2, 0) is 28.2 Å². The monoisotopic (exact) mass is 626 g/mol. The lowest BCUT2D eigenvalue weighted by Crippen LogP contribution is -3.00. The normalized spacial score (nSPS) is 18.3. The summed E-state index contributed by atoms with van der Waals surface area (Å²) in [6, 6.07) is 16.4. The van der Waals surface area contributed by atoms with Crippen LogP contribution in [0, 0.1) is 12.8 Å². The van der Waals surface area contributed by atoms with Crippen molar-refractivity contribution in [2.75, 3.05) is 6.61 Å². The molecule has 1 aromatic heterocycles. The number of ether oxygens (including phenoxy) is 1. The zero-order valence-corrected chi connectivity index (χ0v) is 23.2. The number of aryl methyl sites for hydroxylation is 1. The quantitative estimate of drug-likeness (QED) is 0.225. The number of nitrogens with zero attached hydrogens (tertiary/aromatic N) is 2. The minimum absolute atomic E-state index is 0. The minimum atomic E-state index is -2.88. The number of aromatic nitrogens is 2. The van der Waals surface area contributed by atoms with Gasteiger partial charge >= 0.3 is 5.97 Å². The molecule has 9 heteroatoms. The average molecular weight is 628 g/mol. The first kappa shape index (κ1) is 28.5. The summed E-state index contributed by atoms with van der Waals surface area (Å²) in [5.41, 5.74) is -0.614. The Hall–Kier alpha value is -2.10. The van der Waals surface area contributed by atoms with Crippen LogP contribution in [0.15, 0.2) is 71.5 Å². The van der Waals surface area contributed by atoms with E-state index in [9.17, 15) is 18.7 Å². The van der Waals surface area contributed by atoms with Crippen molar-refractivity contribution in [3.63, 3.8) is 0 Å². The SMILES string of the molecule is Cc1n(CCCOC(=O)[C@](O)(c2ccccc2)[C@@H]2CCC(F)(F)C2)cc[n+]1Cc1cccc(Br)c1.[Br-]. The number of carbonyl (C=O) groups is 1. The van der Waals surface area contributed by atoms with Crippen LogP contribution in [0.4, 0.5) is 8.78 Å². The van der Waals surface area contributed by atoms with E-state index in [2.05, 4.69) is 37.2 Å². The van der Waals surface area contributed by atoms with E-state index >= 15 is 0 Å². The molecule has 1 heterocycles. The average Bonchev–Trinajstić information content (AvgIpc) is 3.38. The Morgan fingerprint density at radius 1 is 1.25 bits per heavy atom. The number of rotatable bonds is 9. The summed E-state index contributed by atoms with van der Waals surface area (Å²) in [6.07, 6.45) is 3.71.